The maximum Gasteiger partial charge on any atom is 0.259 e. The highest BCUT2D eigenvalue weighted by Crippen LogP contribution is 2.14. The molecule has 0 saturated carbocycles. The van der Waals surface area contributed by atoms with Crippen LogP contribution in [-0.2, 0) is 11.8 Å². The third-order valence-electron chi connectivity index (χ3n) is 3.49. The van der Waals surface area contributed by atoms with E-state index in [0.29, 0.717) is 15.4 Å². The van der Waals surface area contributed by atoms with Crippen LogP contribution in [0.1, 0.15) is 10.4 Å². The van der Waals surface area contributed by atoms with Crippen LogP contribution in [-0.4, -0.2) is 22.9 Å². The second-order valence-corrected chi connectivity index (χ2v) is 6.70. The molecule has 0 aliphatic carbocycles. The van der Waals surface area contributed by atoms with E-state index in [9.17, 15) is 9.59 Å². The molecule has 0 saturated heterocycles. The molecule has 1 heterocycles. The summed E-state index contributed by atoms with van der Waals surface area (Å²) in [6.07, 6.45) is 0. The van der Waals surface area contributed by atoms with Crippen LogP contribution in [0, 0.1) is 0 Å². The van der Waals surface area contributed by atoms with E-state index in [0.717, 1.165) is 10.2 Å². The molecule has 0 aliphatic heterocycles. The highest BCUT2D eigenvalue weighted by molar-refractivity contribution is 7.16. The van der Waals surface area contributed by atoms with E-state index < -0.39 is 5.91 Å². The van der Waals surface area contributed by atoms with Crippen molar-refractivity contribution in [2.45, 2.75) is 0 Å². The molecular formula is C17H15ClN4O2S. The van der Waals surface area contributed by atoms with Crippen LogP contribution in [0.25, 0.3) is 10.2 Å². The van der Waals surface area contributed by atoms with Gasteiger partial charge in [-0.15, -0.1) is 5.10 Å². The lowest BCUT2D eigenvalue weighted by Gasteiger charge is -2.04. The first-order chi connectivity index (χ1) is 12.0. The Balaban J connectivity index is 1.62. The maximum absolute atomic E-state index is 12.0. The van der Waals surface area contributed by atoms with Crippen molar-refractivity contribution in [1.82, 2.24) is 15.3 Å². The number of nitrogens with zero attached hydrogens (tertiary/aromatic N) is 2. The zero-order valence-corrected chi connectivity index (χ0v) is 14.9. The minimum atomic E-state index is -0.409. The average molecular weight is 375 g/mol. The van der Waals surface area contributed by atoms with Gasteiger partial charge in [0.25, 0.3) is 11.8 Å². The van der Waals surface area contributed by atoms with Crippen molar-refractivity contribution in [3.05, 3.63) is 63.9 Å². The van der Waals surface area contributed by atoms with E-state index in [4.69, 9.17) is 11.6 Å². The quantitative estimate of drug-likeness (QED) is 0.687. The Hall–Kier alpha value is -2.64. The number of para-hydroxylation sites is 1. The maximum atomic E-state index is 12.0. The Bertz CT molecular complexity index is 1010. The van der Waals surface area contributed by atoms with Crippen LogP contribution >= 0.6 is 22.9 Å². The monoisotopic (exact) mass is 374 g/mol. The molecule has 0 spiro atoms. The summed E-state index contributed by atoms with van der Waals surface area (Å²) in [6.45, 7) is -0.177. The summed E-state index contributed by atoms with van der Waals surface area (Å²) >= 11 is 7.31. The third kappa shape index (κ3) is 4.07. The number of carbonyl (C=O) groups excluding carboxylic acids is 2. The van der Waals surface area contributed by atoms with Gasteiger partial charge in [0.05, 0.1) is 16.8 Å². The standard InChI is InChI=1S/C17H15ClN4O2S/c1-22-13-7-2-3-8-14(13)25-17(22)21-20-15(23)10-19-16(24)11-5-4-6-12(18)9-11/h2-9H,10H2,1H3,(H,19,24)(H,20,23)/b21-17-. The molecule has 2 N–H and O–H groups in total. The van der Waals surface area contributed by atoms with Gasteiger partial charge in [0, 0.05) is 17.6 Å². The molecule has 0 radical (unpaired) electrons. The predicted octanol–water partition coefficient (Wildman–Crippen LogP) is 2.26. The van der Waals surface area contributed by atoms with Crippen LogP contribution in [0.15, 0.2) is 53.6 Å². The minimum Gasteiger partial charge on any atom is -0.343 e. The molecule has 3 aromatic rings. The van der Waals surface area contributed by atoms with E-state index in [-0.39, 0.29) is 12.5 Å². The van der Waals surface area contributed by atoms with Gasteiger partial charge in [-0.25, -0.2) is 5.43 Å². The molecule has 0 atom stereocenters. The van der Waals surface area contributed by atoms with E-state index in [1.807, 2.05) is 35.9 Å². The number of benzene rings is 2. The van der Waals surface area contributed by atoms with E-state index >= 15 is 0 Å². The number of rotatable bonds is 4. The van der Waals surface area contributed by atoms with Gasteiger partial charge >= 0.3 is 0 Å². The van der Waals surface area contributed by atoms with E-state index in [2.05, 4.69) is 15.8 Å². The first-order valence-corrected chi connectivity index (χ1v) is 8.65. The van der Waals surface area contributed by atoms with Crippen LogP contribution in [0.4, 0.5) is 0 Å². The lowest BCUT2D eigenvalue weighted by Crippen LogP contribution is -2.35. The summed E-state index contributed by atoms with van der Waals surface area (Å²) in [7, 11) is 1.88. The lowest BCUT2D eigenvalue weighted by molar-refractivity contribution is -0.120. The fourth-order valence-electron chi connectivity index (χ4n) is 2.23. The largest absolute Gasteiger partial charge is 0.343 e. The predicted molar refractivity (Wildman–Crippen MR) is 98.3 cm³/mol. The van der Waals surface area contributed by atoms with Crippen molar-refractivity contribution in [2.75, 3.05) is 6.54 Å². The Morgan fingerprint density at radius 2 is 2.00 bits per heavy atom. The van der Waals surface area contributed by atoms with Gasteiger partial charge in [-0.1, -0.05) is 41.1 Å². The van der Waals surface area contributed by atoms with Crippen LogP contribution < -0.4 is 15.5 Å². The molecule has 3 rings (SSSR count). The third-order valence-corrected chi connectivity index (χ3v) is 4.84. The van der Waals surface area contributed by atoms with Crippen LogP contribution in [0.3, 0.4) is 0 Å². The smallest absolute Gasteiger partial charge is 0.259 e. The molecule has 2 aromatic carbocycles. The van der Waals surface area contributed by atoms with Gasteiger partial charge in [-0.05, 0) is 30.3 Å². The van der Waals surface area contributed by atoms with Crippen molar-refractivity contribution in [1.29, 1.82) is 0 Å². The van der Waals surface area contributed by atoms with Crippen molar-refractivity contribution in [3.8, 4) is 0 Å². The van der Waals surface area contributed by atoms with Crippen molar-refractivity contribution >= 4 is 45.0 Å². The molecule has 128 valence electrons. The molecule has 1 aromatic heterocycles. The normalized spacial score (nSPS) is 11.5. The Morgan fingerprint density at radius 3 is 2.76 bits per heavy atom. The van der Waals surface area contributed by atoms with Gasteiger partial charge in [-0.2, -0.15) is 0 Å². The fraction of sp³-hybridized carbons (Fsp3) is 0.118. The van der Waals surface area contributed by atoms with Gasteiger partial charge in [0.15, 0.2) is 0 Å². The van der Waals surface area contributed by atoms with Crippen molar-refractivity contribution in [3.63, 3.8) is 0 Å². The first kappa shape index (κ1) is 17.2. The molecule has 0 aliphatic rings. The molecule has 8 heteroatoms. The van der Waals surface area contributed by atoms with Gasteiger partial charge < -0.3 is 9.88 Å². The topological polar surface area (TPSA) is 75.5 Å². The number of amides is 2. The zero-order chi connectivity index (χ0) is 17.8. The van der Waals surface area contributed by atoms with E-state index in [1.54, 1.807) is 18.2 Å². The lowest BCUT2D eigenvalue weighted by atomic mass is 10.2. The number of halogens is 1. The number of fused-ring (bicyclic) bond motifs is 1. The van der Waals surface area contributed by atoms with Crippen LogP contribution in [0.2, 0.25) is 5.02 Å². The second kappa shape index (κ2) is 7.50. The zero-order valence-electron chi connectivity index (χ0n) is 13.3. The highest BCUT2D eigenvalue weighted by Gasteiger charge is 2.08. The van der Waals surface area contributed by atoms with Gasteiger partial charge in [0.2, 0.25) is 4.80 Å². The number of hydrogen-bond donors (Lipinski definition) is 2. The van der Waals surface area contributed by atoms with Gasteiger partial charge in [-0.3, -0.25) is 9.59 Å². The number of carbonyl (C=O) groups is 2. The first-order valence-electron chi connectivity index (χ1n) is 7.45. The van der Waals surface area contributed by atoms with E-state index in [1.165, 1.54) is 17.4 Å². The Morgan fingerprint density at radius 1 is 1.20 bits per heavy atom. The van der Waals surface area contributed by atoms with Crippen LogP contribution in [0.5, 0.6) is 0 Å². The molecule has 0 unspecified atom stereocenters. The summed E-state index contributed by atoms with van der Waals surface area (Å²) in [5.74, 6) is -0.780. The molecule has 6 nitrogen and oxygen atoms in total. The fourth-order valence-corrected chi connectivity index (χ4v) is 3.40. The average Bonchev–Trinajstić information content (AvgIpc) is 2.94. The molecule has 0 bridgehead atoms. The molecule has 25 heavy (non-hydrogen) atoms. The summed E-state index contributed by atoms with van der Waals surface area (Å²) in [5, 5.41) is 7.11. The van der Waals surface area contributed by atoms with Crippen molar-refractivity contribution < 1.29 is 9.59 Å². The SMILES string of the molecule is Cn1/c(=N/NC(=O)CNC(=O)c2cccc(Cl)c2)sc2ccccc21. The summed E-state index contributed by atoms with van der Waals surface area (Å²) in [5.41, 5.74) is 3.89. The number of aromatic nitrogens is 1. The Labute approximate surface area is 152 Å². The second-order valence-electron chi connectivity index (χ2n) is 5.25. The highest BCUT2D eigenvalue weighted by atomic mass is 35.5. The number of nitrogens with one attached hydrogen (secondary N) is 2. The summed E-state index contributed by atoms with van der Waals surface area (Å²) < 4.78 is 2.97. The number of aryl methyl sites for hydroxylation is 1. The van der Waals surface area contributed by atoms with Gasteiger partial charge in [0.1, 0.15) is 0 Å². The number of thiazole rings is 1. The molecular weight excluding hydrogens is 360 g/mol. The summed E-state index contributed by atoms with van der Waals surface area (Å²) in [6, 6.07) is 14.4. The summed E-state index contributed by atoms with van der Waals surface area (Å²) in [4.78, 5) is 24.5. The molecule has 0 fully saturated rings. The Kier molecular flexibility index (Phi) is 5.16. The van der Waals surface area contributed by atoms with Crippen molar-refractivity contribution in [2.24, 2.45) is 12.1 Å². The molecule has 2 amide bonds. The minimum absolute atomic E-state index is 0.177. The number of hydrogen-bond acceptors (Lipinski definition) is 4.